The highest BCUT2D eigenvalue weighted by Crippen LogP contribution is 2.24. The number of esters is 2. The van der Waals surface area contributed by atoms with Gasteiger partial charge in [0.15, 0.2) is 0 Å². The Morgan fingerprint density at radius 2 is 2.00 bits per heavy atom. The molecule has 0 radical (unpaired) electrons. The van der Waals surface area contributed by atoms with Gasteiger partial charge in [0.1, 0.15) is 5.41 Å². The second-order valence-corrected chi connectivity index (χ2v) is 3.50. The van der Waals surface area contributed by atoms with E-state index >= 15 is 0 Å². The number of methoxy groups -OCH3 is 1. The third kappa shape index (κ3) is 4.35. The molecule has 0 spiro atoms. The number of carbonyl (C=O) groups is 2. The van der Waals surface area contributed by atoms with Crippen LogP contribution in [-0.4, -0.2) is 25.7 Å². The summed E-state index contributed by atoms with van der Waals surface area (Å²) in [6.45, 7) is 5.36. The maximum absolute atomic E-state index is 11.7. The zero-order valence-corrected chi connectivity index (χ0v) is 10.3. The van der Waals surface area contributed by atoms with Crippen LogP contribution in [0, 0.1) is 17.3 Å². The molecule has 4 nitrogen and oxygen atoms in total. The van der Waals surface area contributed by atoms with Gasteiger partial charge in [-0.15, -0.1) is 5.92 Å². The van der Waals surface area contributed by atoms with Crippen molar-refractivity contribution in [2.24, 2.45) is 5.41 Å². The van der Waals surface area contributed by atoms with Crippen LogP contribution in [0.1, 0.15) is 33.6 Å². The van der Waals surface area contributed by atoms with Crippen molar-refractivity contribution >= 4 is 11.9 Å². The average molecular weight is 226 g/mol. The zero-order valence-electron chi connectivity index (χ0n) is 10.3. The number of hydrogen-bond donors (Lipinski definition) is 0. The molecule has 0 heterocycles. The molecule has 90 valence electrons. The number of carbonyl (C=O) groups excluding carboxylic acids is 2. The first-order valence-corrected chi connectivity index (χ1v) is 5.18. The standard InChI is InChI=1S/C12H18O4/c1-5-8-12(3,11(14)16-6-2)9-7-10(13)15-4/h6-7,9H2,1-4H3. The Balaban J connectivity index is 4.61. The molecule has 0 aliphatic heterocycles. The predicted molar refractivity (Wildman–Crippen MR) is 59.4 cm³/mol. The van der Waals surface area contributed by atoms with Crippen molar-refractivity contribution in [1.82, 2.24) is 0 Å². The largest absolute Gasteiger partial charge is 0.469 e. The molecule has 0 fully saturated rings. The molecule has 16 heavy (non-hydrogen) atoms. The minimum Gasteiger partial charge on any atom is -0.469 e. The molecule has 0 N–H and O–H groups in total. The van der Waals surface area contributed by atoms with Crippen LogP contribution < -0.4 is 0 Å². The van der Waals surface area contributed by atoms with E-state index in [1.807, 2.05) is 0 Å². The van der Waals surface area contributed by atoms with Crippen LogP contribution in [0.2, 0.25) is 0 Å². The van der Waals surface area contributed by atoms with Crippen LogP contribution in [-0.2, 0) is 19.1 Å². The molecule has 0 bridgehead atoms. The van der Waals surface area contributed by atoms with E-state index in [9.17, 15) is 9.59 Å². The summed E-state index contributed by atoms with van der Waals surface area (Å²) in [6.07, 6.45) is 0.458. The second-order valence-electron chi connectivity index (χ2n) is 3.50. The summed E-state index contributed by atoms with van der Waals surface area (Å²) in [5.41, 5.74) is -0.932. The van der Waals surface area contributed by atoms with Crippen molar-refractivity contribution in [2.75, 3.05) is 13.7 Å². The molecule has 0 rings (SSSR count). The Morgan fingerprint density at radius 1 is 1.38 bits per heavy atom. The van der Waals surface area contributed by atoms with Crippen LogP contribution in [0.4, 0.5) is 0 Å². The summed E-state index contributed by atoms with van der Waals surface area (Å²) < 4.78 is 9.46. The highest BCUT2D eigenvalue weighted by atomic mass is 16.5. The molecule has 0 saturated heterocycles. The molecule has 0 aliphatic rings. The summed E-state index contributed by atoms with van der Waals surface area (Å²) in [5, 5.41) is 0. The summed E-state index contributed by atoms with van der Waals surface area (Å²) in [6, 6.07) is 0. The van der Waals surface area contributed by atoms with Gasteiger partial charge in [-0.1, -0.05) is 5.92 Å². The van der Waals surface area contributed by atoms with Crippen molar-refractivity contribution in [2.45, 2.75) is 33.6 Å². The molecule has 0 amide bonds. The average Bonchev–Trinajstić information content (AvgIpc) is 2.26. The van der Waals surface area contributed by atoms with Gasteiger partial charge in [0.05, 0.1) is 13.7 Å². The maximum atomic E-state index is 11.7. The third-order valence-corrected chi connectivity index (χ3v) is 2.18. The van der Waals surface area contributed by atoms with E-state index in [2.05, 4.69) is 16.6 Å². The summed E-state index contributed by atoms with van der Waals surface area (Å²) >= 11 is 0. The van der Waals surface area contributed by atoms with E-state index in [-0.39, 0.29) is 12.4 Å². The van der Waals surface area contributed by atoms with Crippen molar-refractivity contribution in [3.8, 4) is 11.8 Å². The van der Waals surface area contributed by atoms with Gasteiger partial charge >= 0.3 is 11.9 Å². The first kappa shape index (κ1) is 14.5. The topological polar surface area (TPSA) is 52.6 Å². The maximum Gasteiger partial charge on any atom is 0.323 e. The Morgan fingerprint density at radius 3 is 2.44 bits per heavy atom. The minimum absolute atomic E-state index is 0.153. The van der Waals surface area contributed by atoms with E-state index in [4.69, 9.17) is 4.74 Å². The number of rotatable bonds is 5. The van der Waals surface area contributed by atoms with Gasteiger partial charge < -0.3 is 9.47 Å². The fourth-order valence-corrected chi connectivity index (χ4v) is 1.24. The zero-order chi connectivity index (χ0) is 12.6. The lowest BCUT2D eigenvalue weighted by molar-refractivity contribution is -0.152. The number of ether oxygens (including phenoxy) is 2. The first-order chi connectivity index (χ1) is 7.50. The van der Waals surface area contributed by atoms with E-state index in [1.165, 1.54) is 7.11 Å². The third-order valence-electron chi connectivity index (χ3n) is 2.18. The van der Waals surface area contributed by atoms with Crippen molar-refractivity contribution < 1.29 is 19.1 Å². The summed E-state index contributed by atoms with van der Waals surface area (Å²) in [5.74, 6) is 4.73. The fourth-order valence-electron chi connectivity index (χ4n) is 1.24. The predicted octanol–water partition coefficient (Wildman–Crippen LogP) is 1.53. The molecule has 4 heteroatoms. The minimum atomic E-state index is -0.932. The first-order valence-electron chi connectivity index (χ1n) is 5.18. The van der Waals surface area contributed by atoms with E-state index in [0.717, 1.165) is 0 Å². The lowest BCUT2D eigenvalue weighted by Gasteiger charge is -2.20. The van der Waals surface area contributed by atoms with Crippen molar-refractivity contribution in [3.05, 3.63) is 0 Å². The van der Waals surface area contributed by atoms with Crippen LogP contribution in [0.5, 0.6) is 0 Å². The van der Waals surface area contributed by atoms with Crippen LogP contribution in [0.15, 0.2) is 0 Å². The monoisotopic (exact) mass is 226 g/mol. The smallest absolute Gasteiger partial charge is 0.323 e. The Kier molecular flexibility index (Phi) is 6.24. The normalized spacial score (nSPS) is 13.0. The van der Waals surface area contributed by atoms with Gasteiger partial charge in [-0.05, 0) is 27.2 Å². The Bertz CT molecular complexity index is 311. The molecular weight excluding hydrogens is 208 g/mol. The highest BCUT2D eigenvalue weighted by Gasteiger charge is 2.33. The van der Waals surface area contributed by atoms with Crippen LogP contribution in [0.25, 0.3) is 0 Å². The number of hydrogen-bond acceptors (Lipinski definition) is 4. The van der Waals surface area contributed by atoms with Gasteiger partial charge in [-0.25, -0.2) is 0 Å². The fraction of sp³-hybridized carbons (Fsp3) is 0.667. The molecule has 0 aliphatic carbocycles. The van der Waals surface area contributed by atoms with Crippen molar-refractivity contribution in [1.29, 1.82) is 0 Å². The highest BCUT2D eigenvalue weighted by molar-refractivity contribution is 5.81. The van der Waals surface area contributed by atoms with E-state index < -0.39 is 11.4 Å². The van der Waals surface area contributed by atoms with Gasteiger partial charge in [0.2, 0.25) is 0 Å². The van der Waals surface area contributed by atoms with Crippen LogP contribution >= 0.6 is 0 Å². The Hall–Kier alpha value is -1.50. The molecule has 0 aromatic rings. The van der Waals surface area contributed by atoms with Gasteiger partial charge in [-0.3, -0.25) is 9.59 Å². The molecule has 0 saturated carbocycles. The molecular formula is C12H18O4. The summed E-state index contributed by atoms with van der Waals surface area (Å²) in [7, 11) is 1.32. The molecule has 1 unspecified atom stereocenters. The van der Waals surface area contributed by atoms with Crippen LogP contribution in [0.3, 0.4) is 0 Å². The van der Waals surface area contributed by atoms with E-state index in [0.29, 0.717) is 13.0 Å². The quantitative estimate of drug-likeness (QED) is 0.527. The lowest BCUT2D eigenvalue weighted by atomic mass is 9.86. The molecule has 0 aromatic heterocycles. The SMILES string of the molecule is CC#CC(C)(CCC(=O)OC)C(=O)OCC. The molecule has 1 atom stereocenters. The van der Waals surface area contributed by atoms with Gasteiger partial charge in [0, 0.05) is 6.42 Å². The Labute approximate surface area is 96.3 Å². The van der Waals surface area contributed by atoms with Gasteiger partial charge in [-0.2, -0.15) is 0 Å². The van der Waals surface area contributed by atoms with Crippen molar-refractivity contribution in [3.63, 3.8) is 0 Å². The second kappa shape index (κ2) is 6.89. The molecule has 0 aromatic carbocycles. The summed E-state index contributed by atoms with van der Waals surface area (Å²) in [4.78, 5) is 22.7. The van der Waals surface area contributed by atoms with E-state index in [1.54, 1.807) is 20.8 Å². The van der Waals surface area contributed by atoms with Gasteiger partial charge in [0.25, 0.3) is 0 Å². The lowest BCUT2D eigenvalue weighted by Crippen LogP contribution is -2.29.